The van der Waals surface area contributed by atoms with Gasteiger partial charge in [0.25, 0.3) is 0 Å². The molecule has 206 valence electrons. The molecule has 7 nitrogen and oxygen atoms in total. The van der Waals surface area contributed by atoms with Crippen LogP contribution in [0.1, 0.15) is 17.0 Å². The number of halogens is 1. The van der Waals surface area contributed by atoms with Crippen molar-refractivity contribution in [2.24, 2.45) is 0 Å². The Bertz CT molecular complexity index is 1380. The van der Waals surface area contributed by atoms with E-state index >= 15 is 0 Å². The third-order valence-electron chi connectivity index (χ3n) is 7.90. The van der Waals surface area contributed by atoms with Crippen molar-refractivity contribution in [2.75, 3.05) is 52.6 Å². The van der Waals surface area contributed by atoms with Crippen LogP contribution in [0, 0.1) is 0 Å². The Kier molecular flexibility index (Phi) is 8.28. The number of hydrogen-bond acceptors (Lipinski definition) is 4. The minimum Gasteiger partial charge on any atom is -0.322 e. The molecule has 0 N–H and O–H groups in total. The Morgan fingerprint density at radius 3 is 2.08 bits per heavy atom. The molecule has 3 aromatic carbocycles. The molecule has 39 heavy (non-hydrogen) atoms. The van der Waals surface area contributed by atoms with E-state index in [0.29, 0.717) is 44.3 Å². The van der Waals surface area contributed by atoms with Gasteiger partial charge in [-0.25, -0.2) is 13.2 Å². The van der Waals surface area contributed by atoms with Gasteiger partial charge in [0.1, 0.15) is 0 Å². The predicted octanol–water partition coefficient (Wildman–Crippen LogP) is 4.60. The van der Waals surface area contributed by atoms with Crippen molar-refractivity contribution in [3.8, 4) is 11.1 Å². The van der Waals surface area contributed by atoms with Crippen molar-refractivity contribution in [1.82, 2.24) is 19.0 Å². The van der Waals surface area contributed by atoms with Crippen LogP contribution in [0.5, 0.6) is 0 Å². The summed E-state index contributed by atoms with van der Waals surface area (Å²) in [5.41, 5.74) is 4.76. The molecular formula is C30H35ClN4O3S. The number of hydrogen-bond donors (Lipinski definition) is 0. The van der Waals surface area contributed by atoms with E-state index in [1.165, 1.54) is 27.3 Å². The summed E-state index contributed by atoms with van der Waals surface area (Å²) in [6.07, 6.45) is 1.22. The molecule has 5 rings (SSSR count). The topological polar surface area (TPSA) is 64.2 Å². The molecule has 0 radical (unpaired) electrons. The molecule has 0 aromatic heterocycles. The second kappa shape index (κ2) is 11.7. The molecule has 2 amide bonds. The first-order valence-electron chi connectivity index (χ1n) is 13.3. The third kappa shape index (κ3) is 6.47. The number of likely N-dealkylation sites (tertiary alicyclic amines) is 1. The van der Waals surface area contributed by atoms with Gasteiger partial charge in [0.2, 0.25) is 10.0 Å². The molecule has 0 aliphatic carbocycles. The van der Waals surface area contributed by atoms with Gasteiger partial charge in [0.15, 0.2) is 0 Å². The summed E-state index contributed by atoms with van der Waals surface area (Å²) in [5, 5.41) is 0.692. The SMILES string of the molecule is CN(Cc1ccc(-c2ccccc2)cc1)C1CN(C(=O)N2CCN(S(C)(=O)=O)CC2)CC1c1ccc(Cl)cc1. The van der Waals surface area contributed by atoms with Crippen molar-refractivity contribution in [2.45, 2.75) is 18.5 Å². The summed E-state index contributed by atoms with van der Waals surface area (Å²) in [4.78, 5) is 19.6. The summed E-state index contributed by atoms with van der Waals surface area (Å²) in [7, 11) is -1.12. The Morgan fingerprint density at radius 2 is 1.46 bits per heavy atom. The van der Waals surface area contributed by atoms with E-state index in [-0.39, 0.29) is 18.0 Å². The normalized spacial score (nSPS) is 20.5. The number of likely N-dealkylation sites (N-methyl/N-ethyl adjacent to an activating group) is 1. The van der Waals surface area contributed by atoms with Crippen LogP contribution >= 0.6 is 11.6 Å². The fourth-order valence-corrected chi connectivity index (χ4v) is 6.63. The van der Waals surface area contributed by atoms with Crippen LogP contribution in [-0.2, 0) is 16.6 Å². The number of carbonyl (C=O) groups excluding carboxylic acids is 1. The van der Waals surface area contributed by atoms with Crippen LogP contribution in [-0.4, -0.2) is 92.1 Å². The second-order valence-electron chi connectivity index (χ2n) is 10.5. The van der Waals surface area contributed by atoms with Gasteiger partial charge in [-0.05, 0) is 41.4 Å². The fraction of sp³-hybridized carbons (Fsp3) is 0.367. The molecule has 2 heterocycles. The van der Waals surface area contributed by atoms with Crippen LogP contribution in [0.4, 0.5) is 4.79 Å². The number of carbonyl (C=O) groups is 1. The van der Waals surface area contributed by atoms with Gasteiger partial charge < -0.3 is 9.80 Å². The first-order chi connectivity index (χ1) is 18.7. The molecule has 2 fully saturated rings. The molecule has 2 atom stereocenters. The molecule has 0 saturated carbocycles. The first kappa shape index (κ1) is 27.6. The lowest BCUT2D eigenvalue weighted by atomic mass is 9.93. The van der Waals surface area contributed by atoms with Crippen LogP contribution in [0.3, 0.4) is 0 Å². The van der Waals surface area contributed by atoms with E-state index in [1.54, 1.807) is 4.90 Å². The highest BCUT2D eigenvalue weighted by molar-refractivity contribution is 7.88. The number of benzene rings is 3. The smallest absolute Gasteiger partial charge is 0.320 e. The van der Waals surface area contributed by atoms with Gasteiger partial charge in [0, 0.05) is 62.8 Å². The lowest BCUT2D eigenvalue weighted by Gasteiger charge is -2.35. The highest BCUT2D eigenvalue weighted by Crippen LogP contribution is 2.33. The molecule has 2 saturated heterocycles. The summed E-state index contributed by atoms with van der Waals surface area (Å²) >= 11 is 6.18. The third-order valence-corrected chi connectivity index (χ3v) is 9.45. The second-order valence-corrected chi connectivity index (χ2v) is 13.0. The van der Waals surface area contributed by atoms with Crippen LogP contribution in [0.2, 0.25) is 5.02 Å². The molecular weight excluding hydrogens is 532 g/mol. The van der Waals surface area contributed by atoms with Gasteiger partial charge in [0.05, 0.1) is 6.26 Å². The zero-order chi connectivity index (χ0) is 27.6. The molecule has 2 aliphatic heterocycles. The maximum Gasteiger partial charge on any atom is 0.320 e. The van der Waals surface area contributed by atoms with Gasteiger partial charge >= 0.3 is 6.03 Å². The van der Waals surface area contributed by atoms with Gasteiger partial charge in [-0.1, -0.05) is 78.3 Å². The summed E-state index contributed by atoms with van der Waals surface area (Å²) < 4.78 is 25.2. The maximum atomic E-state index is 13.5. The molecule has 2 aliphatic rings. The summed E-state index contributed by atoms with van der Waals surface area (Å²) in [5.74, 6) is 0.136. The molecule has 0 spiro atoms. The van der Waals surface area contributed by atoms with E-state index < -0.39 is 10.0 Å². The van der Waals surface area contributed by atoms with E-state index in [1.807, 2.05) is 35.2 Å². The molecule has 0 bridgehead atoms. The lowest BCUT2D eigenvalue weighted by Crippen LogP contribution is -2.53. The molecule has 2 unspecified atom stereocenters. The van der Waals surface area contributed by atoms with Crippen molar-refractivity contribution < 1.29 is 13.2 Å². The van der Waals surface area contributed by atoms with Gasteiger partial charge in [-0.15, -0.1) is 0 Å². The van der Waals surface area contributed by atoms with Crippen molar-refractivity contribution in [1.29, 1.82) is 0 Å². The minimum absolute atomic E-state index is 0.0229. The molecule has 9 heteroatoms. The summed E-state index contributed by atoms with van der Waals surface area (Å²) in [6, 6.07) is 27.1. The minimum atomic E-state index is -3.25. The monoisotopic (exact) mass is 566 g/mol. The summed E-state index contributed by atoms with van der Waals surface area (Å²) in [6.45, 7) is 3.46. The van der Waals surface area contributed by atoms with E-state index in [2.05, 4.69) is 60.5 Å². The van der Waals surface area contributed by atoms with Crippen LogP contribution < -0.4 is 0 Å². The number of piperazine rings is 1. The highest BCUT2D eigenvalue weighted by atomic mass is 35.5. The van der Waals surface area contributed by atoms with Crippen molar-refractivity contribution >= 4 is 27.7 Å². The Hall–Kier alpha value is -2.91. The van der Waals surface area contributed by atoms with E-state index in [0.717, 1.165) is 12.1 Å². The number of rotatable bonds is 6. The van der Waals surface area contributed by atoms with Crippen LogP contribution in [0.15, 0.2) is 78.9 Å². The number of nitrogens with zero attached hydrogens (tertiary/aromatic N) is 4. The average Bonchev–Trinajstić information content (AvgIpc) is 3.39. The van der Waals surface area contributed by atoms with Crippen LogP contribution in [0.25, 0.3) is 11.1 Å². The zero-order valence-corrected chi connectivity index (χ0v) is 24.0. The van der Waals surface area contributed by atoms with Crippen molar-refractivity contribution in [3.63, 3.8) is 0 Å². The Balaban J connectivity index is 1.30. The highest BCUT2D eigenvalue weighted by Gasteiger charge is 2.40. The zero-order valence-electron chi connectivity index (χ0n) is 22.4. The Morgan fingerprint density at radius 1 is 0.846 bits per heavy atom. The Labute approximate surface area is 236 Å². The largest absolute Gasteiger partial charge is 0.322 e. The van der Waals surface area contributed by atoms with E-state index in [4.69, 9.17) is 11.6 Å². The maximum absolute atomic E-state index is 13.5. The number of amides is 2. The first-order valence-corrected chi connectivity index (χ1v) is 15.5. The predicted molar refractivity (Wildman–Crippen MR) is 156 cm³/mol. The fourth-order valence-electron chi connectivity index (χ4n) is 5.68. The van der Waals surface area contributed by atoms with E-state index in [9.17, 15) is 13.2 Å². The standard InChI is InChI=1S/C30H35ClN4O3S/c1-32(20-23-8-10-25(11-9-23)24-6-4-3-5-7-24)29-22-34(21-28(29)26-12-14-27(31)15-13-26)30(36)33-16-18-35(19-17-33)39(2,37)38/h3-15,28-29H,16-22H2,1-2H3. The average molecular weight is 567 g/mol. The quantitative estimate of drug-likeness (QED) is 0.437. The lowest BCUT2D eigenvalue weighted by molar-refractivity contribution is 0.138. The van der Waals surface area contributed by atoms with Gasteiger partial charge in [-0.3, -0.25) is 4.90 Å². The van der Waals surface area contributed by atoms with Gasteiger partial charge in [-0.2, -0.15) is 4.31 Å². The number of sulfonamides is 1. The molecule has 3 aromatic rings. The number of urea groups is 1. The van der Waals surface area contributed by atoms with Crippen molar-refractivity contribution in [3.05, 3.63) is 95.0 Å².